The van der Waals surface area contributed by atoms with Gasteiger partial charge in [-0.3, -0.25) is 9.59 Å². The van der Waals surface area contributed by atoms with E-state index in [1.165, 1.54) is 0 Å². The summed E-state index contributed by atoms with van der Waals surface area (Å²) in [4.78, 5) is 30.0. The van der Waals surface area contributed by atoms with Gasteiger partial charge >= 0.3 is 0 Å². The molecule has 0 bridgehead atoms. The van der Waals surface area contributed by atoms with Crippen LogP contribution in [0.2, 0.25) is 0 Å². The molecule has 3 aromatic carbocycles. The van der Waals surface area contributed by atoms with Gasteiger partial charge in [0.2, 0.25) is 5.91 Å². The third kappa shape index (κ3) is 3.86. The van der Waals surface area contributed by atoms with Crippen molar-refractivity contribution < 1.29 is 9.59 Å². The number of hydrogen-bond acceptors (Lipinski definition) is 2. The van der Waals surface area contributed by atoms with Crippen LogP contribution < -0.4 is 0 Å². The predicted molar refractivity (Wildman–Crippen MR) is 121 cm³/mol. The van der Waals surface area contributed by atoms with Crippen molar-refractivity contribution in [3.63, 3.8) is 0 Å². The van der Waals surface area contributed by atoms with Crippen molar-refractivity contribution >= 4 is 11.8 Å². The Balaban J connectivity index is 1.29. The highest BCUT2D eigenvalue weighted by Gasteiger charge is 2.37. The Bertz CT molecular complexity index is 1040. The summed E-state index contributed by atoms with van der Waals surface area (Å²) < 4.78 is 0. The highest BCUT2D eigenvalue weighted by atomic mass is 16.2. The maximum absolute atomic E-state index is 13.3. The number of rotatable bonds is 5. The average molecular weight is 411 g/mol. The van der Waals surface area contributed by atoms with Gasteiger partial charge in [0.05, 0.1) is 6.04 Å². The number of likely N-dealkylation sites (tertiary alicyclic amines) is 1. The first-order valence-corrected chi connectivity index (χ1v) is 11.0. The van der Waals surface area contributed by atoms with E-state index >= 15 is 0 Å². The number of nitrogens with zero attached hydrogens (tertiary/aromatic N) is 2. The second kappa shape index (κ2) is 8.38. The molecule has 0 spiro atoms. The van der Waals surface area contributed by atoms with E-state index in [1.807, 2.05) is 70.5 Å². The van der Waals surface area contributed by atoms with Crippen molar-refractivity contribution in [1.82, 2.24) is 9.80 Å². The van der Waals surface area contributed by atoms with Crippen molar-refractivity contribution in [3.8, 4) is 0 Å². The van der Waals surface area contributed by atoms with Gasteiger partial charge in [0.1, 0.15) is 0 Å². The lowest BCUT2D eigenvalue weighted by atomic mass is 9.88. The van der Waals surface area contributed by atoms with E-state index < -0.39 is 0 Å². The molecule has 1 atom stereocenters. The minimum absolute atomic E-state index is 0.0339. The van der Waals surface area contributed by atoms with Gasteiger partial charge in [0.15, 0.2) is 0 Å². The zero-order valence-corrected chi connectivity index (χ0v) is 17.5. The van der Waals surface area contributed by atoms with Gasteiger partial charge in [-0.1, -0.05) is 78.9 Å². The Morgan fingerprint density at radius 1 is 0.871 bits per heavy atom. The lowest BCUT2D eigenvalue weighted by Gasteiger charge is -2.25. The SMILES string of the molecule is O=C(CC(c1ccccc1)c1ccccc1)N1CCC(N2Cc3ccccc3C2=O)C1. The van der Waals surface area contributed by atoms with Crippen LogP contribution in [0.3, 0.4) is 0 Å². The topological polar surface area (TPSA) is 40.6 Å². The first-order chi connectivity index (χ1) is 15.2. The lowest BCUT2D eigenvalue weighted by molar-refractivity contribution is -0.130. The smallest absolute Gasteiger partial charge is 0.254 e. The van der Waals surface area contributed by atoms with Gasteiger partial charge in [-0.15, -0.1) is 0 Å². The normalized spacial score (nSPS) is 18.0. The van der Waals surface area contributed by atoms with Crippen LogP contribution in [0.25, 0.3) is 0 Å². The predicted octanol–water partition coefficient (Wildman–Crippen LogP) is 4.47. The highest BCUT2D eigenvalue weighted by molar-refractivity contribution is 5.98. The van der Waals surface area contributed by atoms with Crippen molar-refractivity contribution in [2.24, 2.45) is 0 Å². The Hall–Kier alpha value is -3.40. The molecule has 2 amide bonds. The van der Waals surface area contributed by atoms with Crippen molar-refractivity contribution in [2.75, 3.05) is 13.1 Å². The Kier molecular flexibility index (Phi) is 5.29. The molecule has 0 saturated carbocycles. The molecule has 31 heavy (non-hydrogen) atoms. The van der Waals surface area contributed by atoms with Crippen LogP contribution in [0.4, 0.5) is 0 Å². The minimum atomic E-state index is 0.0339. The second-order valence-corrected chi connectivity index (χ2v) is 8.45. The Labute approximate surface area is 183 Å². The number of fused-ring (bicyclic) bond motifs is 1. The molecule has 0 radical (unpaired) electrons. The van der Waals surface area contributed by atoms with Crippen LogP contribution in [-0.4, -0.2) is 40.7 Å². The van der Waals surface area contributed by atoms with E-state index in [0.717, 1.165) is 28.7 Å². The molecule has 0 aromatic heterocycles. The molecule has 1 saturated heterocycles. The van der Waals surface area contributed by atoms with Gasteiger partial charge < -0.3 is 9.80 Å². The van der Waals surface area contributed by atoms with Gasteiger partial charge in [-0.2, -0.15) is 0 Å². The fourth-order valence-electron chi connectivity index (χ4n) is 4.90. The second-order valence-electron chi connectivity index (χ2n) is 8.45. The molecule has 3 aromatic rings. The lowest BCUT2D eigenvalue weighted by Crippen LogP contribution is -2.39. The zero-order valence-electron chi connectivity index (χ0n) is 17.5. The van der Waals surface area contributed by atoms with E-state index in [4.69, 9.17) is 0 Å². The van der Waals surface area contributed by atoms with Crippen LogP contribution in [0.15, 0.2) is 84.9 Å². The van der Waals surface area contributed by atoms with Crippen LogP contribution in [0.5, 0.6) is 0 Å². The average Bonchev–Trinajstić information content (AvgIpc) is 3.44. The van der Waals surface area contributed by atoms with Gasteiger partial charge in [0.25, 0.3) is 5.91 Å². The molecule has 1 fully saturated rings. The standard InChI is InChI=1S/C27H26N2O2/c30-26(17-25(20-9-3-1-4-10-20)21-11-5-2-6-12-21)28-16-15-23(19-28)29-18-22-13-7-8-14-24(22)27(29)31/h1-14,23,25H,15-19H2. The number of carbonyl (C=O) groups excluding carboxylic acids is 2. The third-order valence-electron chi connectivity index (χ3n) is 6.59. The van der Waals surface area contributed by atoms with E-state index in [-0.39, 0.29) is 23.8 Å². The van der Waals surface area contributed by atoms with Crippen LogP contribution >= 0.6 is 0 Å². The Morgan fingerprint density at radius 3 is 2.13 bits per heavy atom. The van der Waals surface area contributed by atoms with Gasteiger partial charge in [-0.25, -0.2) is 0 Å². The van der Waals surface area contributed by atoms with Gasteiger partial charge in [-0.05, 0) is 29.2 Å². The molecule has 0 aliphatic carbocycles. The summed E-state index contributed by atoms with van der Waals surface area (Å²) in [6.07, 6.45) is 1.28. The molecule has 2 heterocycles. The number of hydrogen-bond donors (Lipinski definition) is 0. The maximum atomic E-state index is 13.3. The molecule has 2 aliphatic heterocycles. The molecule has 156 valence electrons. The maximum Gasteiger partial charge on any atom is 0.254 e. The summed E-state index contributed by atoms with van der Waals surface area (Å²) in [5, 5.41) is 0. The summed E-state index contributed by atoms with van der Waals surface area (Å²) in [7, 11) is 0. The quantitative estimate of drug-likeness (QED) is 0.623. The fourth-order valence-corrected chi connectivity index (χ4v) is 4.90. The first kappa shape index (κ1) is 19.6. The Morgan fingerprint density at radius 2 is 1.48 bits per heavy atom. The minimum Gasteiger partial charge on any atom is -0.341 e. The molecule has 0 N–H and O–H groups in total. The molecule has 5 rings (SSSR count). The summed E-state index contributed by atoms with van der Waals surface area (Å²) in [5.74, 6) is 0.289. The highest BCUT2D eigenvalue weighted by Crippen LogP contribution is 2.31. The number of amides is 2. The van der Waals surface area contributed by atoms with Crippen molar-refractivity contribution in [1.29, 1.82) is 0 Å². The number of benzene rings is 3. The van der Waals surface area contributed by atoms with E-state index in [0.29, 0.717) is 26.1 Å². The molecule has 2 aliphatic rings. The van der Waals surface area contributed by atoms with Crippen molar-refractivity contribution in [2.45, 2.75) is 31.3 Å². The zero-order chi connectivity index (χ0) is 21.2. The molecular formula is C27H26N2O2. The summed E-state index contributed by atoms with van der Waals surface area (Å²) >= 11 is 0. The third-order valence-corrected chi connectivity index (χ3v) is 6.59. The van der Waals surface area contributed by atoms with E-state index in [9.17, 15) is 9.59 Å². The van der Waals surface area contributed by atoms with Crippen LogP contribution in [-0.2, 0) is 11.3 Å². The van der Waals surface area contributed by atoms with Gasteiger partial charge in [0, 0.05) is 37.5 Å². The summed E-state index contributed by atoms with van der Waals surface area (Å²) in [5.41, 5.74) is 4.21. The molecule has 4 heteroatoms. The van der Waals surface area contributed by atoms with E-state index in [2.05, 4.69) is 24.3 Å². The largest absolute Gasteiger partial charge is 0.341 e. The monoisotopic (exact) mass is 410 g/mol. The molecule has 4 nitrogen and oxygen atoms in total. The van der Waals surface area contributed by atoms with E-state index in [1.54, 1.807) is 0 Å². The summed E-state index contributed by atoms with van der Waals surface area (Å²) in [6.45, 7) is 1.98. The van der Waals surface area contributed by atoms with Crippen molar-refractivity contribution in [3.05, 3.63) is 107 Å². The summed E-state index contributed by atoms with van der Waals surface area (Å²) in [6, 6.07) is 28.4. The first-order valence-electron chi connectivity index (χ1n) is 11.0. The van der Waals surface area contributed by atoms with Crippen LogP contribution in [0, 0.1) is 0 Å². The molecular weight excluding hydrogens is 384 g/mol. The molecule has 1 unspecified atom stereocenters. The fraction of sp³-hybridized carbons (Fsp3) is 0.259. The van der Waals surface area contributed by atoms with Crippen LogP contribution in [0.1, 0.15) is 45.8 Å². The number of carbonyl (C=O) groups is 2.